The van der Waals surface area contributed by atoms with Crippen molar-refractivity contribution in [3.05, 3.63) is 29.3 Å². The molecule has 0 N–H and O–H groups in total. The topological polar surface area (TPSA) is 9.23 Å². The van der Waals surface area contributed by atoms with Gasteiger partial charge in [0.2, 0.25) is 0 Å². The zero-order valence-electron chi connectivity index (χ0n) is 12.8. The molecule has 1 nitrogen and oxygen atoms in total. The van der Waals surface area contributed by atoms with Crippen LogP contribution >= 0.6 is 0 Å². The predicted molar refractivity (Wildman–Crippen MR) is 82.2 cm³/mol. The monoisotopic (exact) mass is 270 g/mol. The number of fused-ring (bicyclic) bond motifs is 1. The van der Waals surface area contributed by atoms with Crippen molar-refractivity contribution < 1.29 is 4.74 Å². The molecule has 3 aliphatic rings. The molecule has 4 atom stereocenters. The lowest BCUT2D eigenvalue weighted by Gasteiger charge is -2.57. The quantitative estimate of drug-likeness (QED) is 0.717. The second-order valence-corrected chi connectivity index (χ2v) is 7.42. The summed E-state index contributed by atoms with van der Waals surface area (Å²) in [6.45, 7) is 2.50. The molecule has 3 aliphatic carbocycles. The van der Waals surface area contributed by atoms with E-state index in [1.807, 2.05) is 0 Å². The van der Waals surface area contributed by atoms with E-state index in [-0.39, 0.29) is 0 Å². The molecular weight excluding hydrogens is 244 g/mol. The molecule has 2 bridgehead atoms. The maximum atomic E-state index is 5.52. The Balaban J connectivity index is 1.88. The van der Waals surface area contributed by atoms with E-state index in [0.29, 0.717) is 5.41 Å². The average molecular weight is 270 g/mol. The normalized spacial score (nSPS) is 38.8. The molecule has 0 aromatic heterocycles. The number of rotatable bonds is 1. The molecule has 0 spiro atoms. The third kappa shape index (κ3) is 1.61. The maximum absolute atomic E-state index is 5.52. The van der Waals surface area contributed by atoms with Gasteiger partial charge in [0.25, 0.3) is 0 Å². The Morgan fingerprint density at radius 1 is 1.15 bits per heavy atom. The van der Waals surface area contributed by atoms with Gasteiger partial charge in [0.15, 0.2) is 0 Å². The molecule has 0 amide bonds. The molecular formula is C19H26O. The fourth-order valence-electron chi connectivity index (χ4n) is 5.69. The van der Waals surface area contributed by atoms with Gasteiger partial charge in [0.05, 0.1) is 7.11 Å². The SMILES string of the molecule is COc1ccc2c(c1)[C@]13CCCCC1[C@H](C2)C(C)CC3. The molecule has 1 aromatic carbocycles. The summed E-state index contributed by atoms with van der Waals surface area (Å²) in [5.41, 5.74) is 3.78. The fourth-order valence-corrected chi connectivity index (χ4v) is 5.69. The number of methoxy groups -OCH3 is 1. The lowest BCUT2D eigenvalue weighted by Crippen LogP contribution is -2.51. The number of benzene rings is 1. The Bertz CT molecular complexity index is 520. The van der Waals surface area contributed by atoms with Gasteiger partial charge in [0.1, 0.15) is 5.75 Å². The van der Waals surface area contributed by atoms with Gasteiger partial charge in [-0.2, -0.15) is 0 Å². The first kappa shape index (κ1) is 12.7. The highest BCUT2D eigenvalue weighted by Gasteiger charge is 2.53. The van der Waals surface area contributed by atoms with Crippen molar-refractivity contribution in [2.24, 2.45) is 17.8 Å². The molecule has 2 unspecified atom stereocenters. The van der Waals surface area contributed by atoms with Gasteiger partial charge >= 0.3 is 0 Å². The minimum Gasteiger partial charge on any atom is -0.497 e. The Morgan fingerprint density at radius 2 is 2.05 bits per heavy atom. The minimum absolute atomic E-state index is 0.498. The average Bonchev–Trinajstić information content (AvgIpc) is 2.50. The summed E-state index contributed by atoms with van der Waals surface area (Å²) >= 11 is 0. The summed E-state index contributed by atoms with van der Waals surface area (Å²) < 4.78 is 5.52. The van der Waals surface area contributed by atoms with Crippen molar-refractivity contribution in [2.75, 3.05) is 7.11 Å². The zero-order chi connectivity index (χ0) is 13.7. The summed E-state index contributed by atoms with van der Waals surface area (Å²) in [5.74, 6) is 3.85. The van der Waals surface area contributed by atoms with E-state index < -0.39 is 0 Å². The van der Waals surface area contributed by atoms with Crippen LogP contribution in [0.1, 0.15) is 56.6 Å². The van der Waals surface area contributed by atoms with Gasteiger partial charge in [-0.1, -0.05) is 25.8 Å². The van der Waals surface area contributed by atoms with Crippen LogP contribution in [0.25, 0.3) is 0 Å². The van der Waals surface area contributed by atoms with Gasteiger partial charge in [-0.3, -0.25) is 0 Å². The van der Waals surface area contributed by atoms with Gasteiger partial charge in [-0.25, -0.2) is 0 Å². The summed E-state index contributed by atoms with van der Waals surface area (Å²) in [7, 11) is 1.80. The van der Waals surface area contributed by atoms with Crippen LogP contribution in [0.15, 0.2) is 18.2 Å². The Kier molecular flexibility index (Phi) is 2.87. The van der Waals surface area contributed by atoms with E-state index >= 15 is 0 Å². The maximum Gasteiger partial charge on any atom is 0.119 e. The van der Waals surface area contributed by atoms with Crippen LogP contribution in [0, 0.1) is 17.8 Å². The molecule has 108 valence electrons. The molecule has 2 saturated carbocycles. The van der Waals surface area contributed by atoms with E-state index in [1.54, 1.807) is 18.2 Å². The van der Waals surface area contributed by atoms with Crippen LogP contribution < -0.4 is 4.74 Å². The van der Waals surface area contributed by atoms with E-state index in [9.17, 15) is 0 Å². The first-order chi connectivity index (χ1) is 9.74. The summed E-state index contributed by atoms with van der Waals surface area (Å²) in [6.07, 6.45) is 9.91. The van der Waals surface area contributed by atoms with Crippen LogP contribution in [-0.4, -0.2) is 7.11 Å². The highest BCUT2D eigenvalue weighted by molar-refractivity contribution is 5.45. The van der Waals surface area contributed by atoms with Gasteiger partial charge in [-0.05, 0) is 78.5 Å². The lowest BCUT2D eigenvalue weighted by atomic mass is 9.47. The molecule has 20 heavy (non-hydrogen) atoms. The Labute approximate surface area is 122 Å². The molecule has 0 aliphatic heterocycles. The first-order valence-electron chi connectivity index (χ1n) is 8.42. The van der Waals surface area contributed by atoms with Crippen LogP contribution in [0.3, 0.4) is 0 Å². The summed E-state index contributed by atoms with van der Waals surface area (Å²) in [5, 5.41) is 0. The van der Waals surface area contributed by atoms with Crippen molar-refractivity contribution in [1.29, 1.82) is 0 Å². The molecule has 4 rings (SSSR count). The van der Waals surface area contributed by atoms with E-state index in [4.69, 9.17) is 4.74 Å². The van der Waals surface area contributed by atoms with Crippen molar-refractivity contribution >= 4 is 0 Å². The fraction of sp³-hybridized carbons (Fsp3) is 0.684. The highest BCUT2D eigenvalue weighted by atomic mass is 16.5. The van der Waals surface area contributed by atoms with Gasteiger partial charge in [0, 0.05) is 0 Å². The molecule has 1 heteroatoms. The Morgan fingerprint density at radius 3 is 2.90 bits per heavy atom. The molecule has 1 aromatic rings. The molecule has 0 saturated heterocycles. The van der Waals surface area contributed by atoms with Crippen LogP contribution in [0.5, 0.6) is 5.75 Å². The summed E-state index contributed by atoms with van der Waals surface area (Å²) in [6, 6.07) is 6.89. The molecule has 0 heterocycles. The lowest BCUT2D eigenvalue weighted by molar-refractivity contribution is 0.0174. The smallest absolute Gasteiger partial charge is 0.119 e. The molecule has 2 fully saturated rings. The van der Waals surface area contributed by atoms with E-state index in [1.165, 1.54) is 44.9 Å². The van der Waals surface area contributed by atoms with Gasteiger partial charge in [-0.15, -0.1) is 0 Å². The van der Waals surface area contributed by atoms with E-state index in [0.717, 1.165) is 23.5 Å². The zero-order valence-corrected chi connectivity index (χ0v) is 12.8. The van der Waals surface area contributed by atoms with Crippen molar-refractivity contribution in [3.8, 4) is 5.75 Å². The third-order valence-electron chi connectivity index (χ3n) is 6.70. The van der Waals surface area contributed by atoms with Crippen LogP contribution in [-0.2, 0) is 11.8 Å². The van der Waals surface area contributed by atoms with Crippen LogP contribution in [0.2, 0.25) is 0 Å². The second kappa shape index (κ2) is 4.51. The second-order valence-electron chi connectivity index (χ2n) is 7.42. The number of ether oxygens (including phenoxy) is 1. The number of hydrogen-bond donors (Lipinski definition) is 0. The van der Waals surface area contributed by atoms with Crippen molar-refractivity contribution in [2.45, 2.75) is 57.3 Å². The van der Waals surface area contributed by atoms with Crippen molar-refractivity contribution in [3.63, 3.8) is 0 Å². The standard InChI is InChI=1S/C19H26O/c1-13-8-10-19-9-4-3-5-17(19)16(13)11-14-6-7-15(20-2)12-18(14)19/h6-7,12-13,16-17H,3-5,8-11H2,1-2H3/t13?,16-,17?,19+/m1/s1. The predicted octanol–water partition coefficient (Wildman–Crippen LogP) is 4.73. The van der Waals surface area contributed by atoms with Crippen molar-refractivity contribution in [1.82, 2.24) is 0 Å². The van der Waals surface area contributed by atoms with Gasteiger partial charge < -0.3 is 4.74 Å². The summed E-state index contributed by atoms with van der Waals surface area (Å²) in [4.78, 5) is 0. The van der Waals surface area contributed by atoms with Crippen LogP contribution in [0.4, 0.5) is 0 Å². The van der Waals surface area contributed by atoms with E-state index in [2.05, 4.69) is 25.1 Å². The molecule has 0 radical (unpaired) electrons. The third-order valence-corrected chi connectivity index (χ3v) is 6.70. The largest absolute Gasteiger partial charge is 0.497 e. The Hall–Kier alpha value is -0.980. The highest BCUT2D eigenvalue weighted by Crippen LogP contribution is 2.60. The minimum atomic E-state index is 0.498. The number of hydrogen-bond acceptors (Lipinski definition) is 1. The first-order valence-corrected chi connectivity index (χ1v) is 8.42.